The van der Waals surface area contributed by atoms with Crippen LogP contribution in [0.5, 0.6) is 0 Å². The molecule has 6 rings (SSSR count). The van der Waals surface area contributed by atoms with E-state index in [-0.39, 0.29) is 0 Å². The van der Waals surface area contributed by atoms with Crippen molar-refractivity contribution in [2.24, 2.45) is 5.92 Å². The maximum Gasteiger partial charge on any atom is 0.0838 e. The number of aromatic nitrogens is 3. The van der Waals surface area contributed by atoms with Crippen LogP contribution >= 0.6 is 0 Å². The van der Waals surface area contributed by atoms with Crippen molar-refractivity contribution in [3.05, 3.63) is 48.9 Å². The van der Waals surface area contributed by atoms with Gasteiger partial charge in [0.05, 0.1) is 23.4 Å². The first kappa shape index (κ1) is 12.5. The van der Waals surface area contributed by atoms with Gasteiger partial charge in [0.15, 0.2) is 0 Å². The van der Waals surface area contributed by atoms with Gasteiger partial charge in [0.1, 0.15) is 0 Å². The summed E-state index contributed by atoms with van der Waals surface area (Å²) in [5, 5.41) is 5.97. The van der Waals surface area contributed by atoms with Crippen LogP contribution in [0.2, 0.25) is 0 Å². The van der Waals surface area contributed by atoms with E-state index in [0.717, 1.165) is 18.2 Å². The predicted octanol–water partition coefficient (Wildman–Crippen LogP) is 3.09. The average molecular weight is 292 g/mol. The van der Waals surface area contributed by atoms with Crippen LogP contribution in [0, 0.1) is 5.92 Å². The fraction of sp³-hybridized carbons (Fsp3) is 0.389. The molecule has 4 nitrogen and oxygen atoms in total. The predicted molar refractivity (Wildman–Crippen MR) is 87.3 cm³/mol. The zero-order valence-corrected chi connectivity index (χ0v) is 12.6. The fourth-order valence-corrected chi connectivity index (χ4v) is 4.18. The molecule has 1 atom stereocenters. The van der Waals surface area contributed by atoms with Gasteiger partial charge >= 0.3 is 0 Å². The van der Waals surface area contributed by atoms with Gasteiger partial charge in [0, 0.05) is 18.9 Å². The number of piperidine rings is 3. The van der Waals surface area contributed by atoms with Crippen molar-refractivity contribution in [2.75, 3.05) is 19.6 Å². The minimum atomic E-state index is 0.554. The normalized spacial score (nSPS) is 27.5. The Bertz CT molecular complexity index is 807. The number of benzene rings is 1. The summed E-state index contributed by atoms with van der Waals surface area (Å²) in [4.78, 5) is 2.58. The molecule has 1 unspecified atom stereocenters. The summed E-state index contributed by atoms with van der Waals surface area (Å²) < 4.78 is 4.44. The molecule has 3 saturated heterocycles. The number of hydrogen-bond acceptors (Lipinski definition) is 2. The Hall–Kier alpha value is -2.07. The fourth-order valence-electron chi connectivity index (χ4n) is 4.18. The van der Waals surface area contributed by atoms with E-state index in [2.05, 4.69) is 56.9 Å². The monoisotopic (exact) mass is 292 g/mol. The molecule has 3 aliphatic rings. The van der Waals surface area contributed by atoms with Gasteiger partial charge in [0.25, 0.3) is 0 Å². The van der Waals surface area contributed by atoms with Crippen molar-refractivity contribution in [1.29, 1.82) is 0 Å². The molecule has 2 bridgehead atoms. The molecule has 0 saturated carbocycles. The third-order valence-corrected chi connectivity index (χ3v) is 5.43. The molecule has 0 N–H and O–H groups in total. The van der Waals surface area contributed by atoms with Crippen LogP contribution in [0.4, 0.5) is 0 Å². The van der Waals surface area contributed by atoms with Crippen molar-refractivity contribution < 1.29 is 0 Å². The van der Waals surface area contributed by atoms with Crippen molar-refractivity contribution in [3.63, 3.8) is 0 Å². The lowest BCUT2D eigenvalue weighted by atomic mass is 9.84. The van der Waals surface area contributed by atoms with E-state index < -0.39 is 0 Å². The lowest BCUT2D eigenvalue weighted by molar-refractivity contribution is 0.0512. The van der Waals surface area contributed by atoms with E-state index in [9.17, 15) is 0 Å². The van der Waals surface area contributed by atoms with E-state index in [1.165, 1.54) is 36.8 Å². The second kappa shape index (κ2) is 4.71. The summed E-state index contributed by atoms with van der Waals surface area (Å²) in [7, 11) is 0. The third kappa shape index (κ3) is 1.83. The minimum Gasteiger partial charge on any atom is -0.314 e. The van der Waals surface area contributed by atoms with Gasteiger partial charge in [-0.2, -0.15) is 5.10 Å². The molecule has 5 heterocycles. The Kier molecular flexibility index (Phi) is 2.67. The van der Waals surface area contributed by atoms with E-state index >= 15 is 0 Å². The van der Waals surface area contributed by atoms with E-state index in [4.69, 9.17) is 5.10 Å². The zero-order valence-electron chi connectivity index (χ0n) is 12.6. The number of rotatable bonds is 2. The van der Waals surface area contributed by atoms with Crippen LogP contribution in [0.25, 0.3) is 16.6 Å². The van der Waals surface area contributed by atoms with E-state index in [1.54, 1.807) is 0 Å². The van der Waals surface area contributed by atoms with Gasteiger partial charge in [-0.15, -0.1) is 0 Å². The van der Waals surface area contributed by atoms with Crippen LogP contribution in [0.1, 0.15) is 18.9 Å². The van der Waals surface area contributed by atoms with Gasteiger partial charge < -0.3 is 9.47 Å². The molecular weight excluding hydrogens is 272 g/mol. The second-order valence-corrected chi connectivity index (χ2v) is 6.63. The lowest BCUT2D eigenvalue weighted by Crippen LogP contribution is -2.48. The molecule has 2 aromatic heterocycles. The number of para-hydroxylation sites is 1. The second-order valence-electron chi connectivity index (χ2n) is 6.63. The standard InChI is InChI=1S/C18H20N4/c1-2-4-17-14(3-1)7-10-21(17)16-11-19-22(12-16)18-13-20-8-5-15(18)6-9-20/h1-4,7,10-12,15,18H,5-6,8-9,13H2. The number of hydrogen-bond donors (Lipinski definition) is 0. The molecule has 22 heavy (non-hydrogen) atoms. The highest BCUT2D eigenvalue weighted by Gasteiger charge is 2.35. The highest BCUT2D eigenvalue weighted by atomic mass is 15.3. The molecule has 3 aliphatic heterocycles. The van der Waals surface area contributed by atoms with Crippen LogP contribution in [-0.4, -0.2) is 38.9 Å². The van der Waals surface area contributed by atoms with Crippen molar-refractivity contribution in [2.45, 2.75) is 18.9 Å². The molecule has 0 radical (unpaired) electrons. The van der Waals surface area contributed by atoms with Gasteiger partial charge in [-0.25, -0.2) is 0 Å². The smallest absolute Gasteiger partial charge is 0.0838 e. The van der Waals surface area contributed by atoms with Crippen LogP contribution < -0.4 is 0 Å². The summed E-state index contributed by atoms with van der Waals surface area (Å²) in [6.45, 7) is 3.72. The number of fused-ring (bicyclic) bond motifs is 4. The highest BCUT2D eigenvalue weighted by molar-refractivity contribution is 5.81. The molecule has 0 aliphatic carbocycles. The van der Waals surface area contributed by atoms with Crippen LogP contribution in [-0.2, 0) is 0 Å². The lowest BCUT2D eigenvalue weighted by Gasteiger charge is -2.44. The molecule has 0 amide bonds. The van der Waals surface area contributed by atoms with Gasteiger partial charge in [-0.1, -0.05) is 18.2 Å². The zero-order chi connectivity index (χ0) is 14.5. The van der Waals surface area contributed by atoms with Crippen molar-refractivity contribution >= 4 is 10.9 Å². The maximum absolute atomic E-state index is 4.69. The van der Waals surface area contributed by atoms with Gasteiger partial charge in [-0.3, -0.25) is 4.68 Å². The van der Waals surface area contributed by atoms with Crippen molar-refractivity contribution in [3.8, 4) is 5.69 Å². The molecule has 3 fully saturated rings. The average Bonchev–Trinajstić information content (AvgIpc) is 3.22. The van der Waals surface area contributed by atoms with Crippen LogP contribution in [0.15, 0.2) is 48.9 Å². The third-order valence-electron chi connectivity index (χ3n) is 5.43. The summed E-state index contributed by atoms with van der Waals surface area (Å²) in [5.74, 6) is 0.805. The molecule has 112 valence electrons. The van der Waals surface area contributed by atoms with Gasteiger partial charge in [0.2, 0.25) is 0 Å². The first-order valence-electron chi connectivity index (χ1n) is 8.21. The summed E-state index contributed by atoms with van der Waals surface area (Å²) in [6.07, 6.45) is 9.02. The first-order chi connectivity index (χ1) is 10.9. The Morgan fingerprint density at radius 3 is 2.73 bits per heavy atom. The van der Waals surface area contributed by atoms with E-state index in [0.29, 0.717) is 6.04 Å². The first-order valence-corrected chi connectivity index (χ1v) is 8.21. The molecule has 0 spiro atoms. The Labute approximate surface area is 129 Å². The minimum absolute atomic E-state index is 0.554. The quantitative estimate of drug-likeness (QED) is 0.725. The largest absolute Gasteiger partial charge is 0.314 e. The molecule has 3 aromatic rings. The molecule has 4 heteroatoms. The SMILES string of the molecule is c1ccc2c(c1)ccn2-c1cnn(C2CN3CCC2CC3)c1. The summed E-state index contributed by atoms with van der Waals surface area (Å²) in [5.41, 5.74) is 2.41. The number of nitrogens with zero attached hydrogens (tertiary/aromatic N) is 4. The van der Waals surface area contributed by atoms with Crippen LogP contribution in [0.3, 0.4) is 0 Å². The Morgan fingerprint density at radius 2 is 1.91 bits per heavy atom. The van der Waals surface area contributed by atoms with Crippen molar-refractivity contribution in [1.82, 2.24) is 19.2 Å². The molecule has 1 aromatic carbocycles. The summed E-state index contributed by atoms with van der Waals surface area (Å²) >= 11 is 0. The molecular formula is C18H20N4. The highest BCUT2D eigenvalue weighted by Crippen LogP contribution is 2.35. The summed E-state index contributed by atoms with van der Waals surface area (Å²) in [6, 6.07) is 11.2. The Morgan fingerprint density at radius 1 is 1.05 bits per heavy atom. The topological polar surface area (TPSA) is 26.0 Å². The van der Waals surface area contributed by atoms with E-state index in [1.807, 2.05) is 6.20 Å². The Balaban J connectivity index is 1.51. The maximum atomic E-state index is 4.69. The van der Waals surface area contributed by atoms with Gasteiger partial charge in [-0.05, 0) is 49.4 Å².